The normalized spacial score (nSPS) is 26.5. The fraction of sp³-hybridized carbons (Fsp3) is 0.538. The molecule has 1 aliphatic rings. The van der Waals surface area contributed by atoms with Crippen LogP contribution in [0.5, 0.6) is 5.75 Å². The van der Waals surface area contributed by atoms with Gasteiger partial charge in [0.2, 0.25) is 0 Å². The fourth-order valence-electron chi connectivity index (χ4n) is 2.52. The number of hydrogen-bond acceptors (Lipinski definition) is 2. The number of hydrogen-bond donors (Lipinski definition) is 2. The molecule has 0 spiro atoms. The summed E-state index contributed by atoms with van der Waals surface area (Å²) in [6, 6.07) is 7.66. The predicted octanol–water partition coefficient (Wildman–Crippen LogP) is 2.77. The van der Waals surface area contributed by atoms with Gasteiger partial charge < -0.3 is 10.4 Å². The Labute approximate surface area is 91.3 Å². The molecule has 1 atom stereocenters. The lowest BCUT2D eigenvalue weighted by atomic mass is 9.80. The Morgan fingerprint density at radius 2 is 2.27 bits per heavy atom. The molecule has 0 saturated carbocycles. The van der Waals surface area contributed by atoms with Gasteiger partial charge in [0.1, 0.15) is 5.75 Å². The first kappa shape index (κ1) is 10.5. The van der Waals surface area contributed by atoms with Crippen LogP contribution in [0.1, 0.15) is 38.2 Å². The van der Waals surface area contributed by atoms with E-state index in [9.17, 15) is 5.11 Å². The van der Waals surface area contributed by atoms with E-state index in [4.69, 9.17) is 0 Å². The summed E-state index contributed by atoms with van der Waals surface area (Å²) >= 11 is 0. The third kappa shape index (κ3) is 2.00. The predicted molar refractivity (Wildman–Crippen MR) is 61.9 cm³/mol. The number of piperidine rings is 1. The zero-order valence-electron chi connectivity index (χ0n) is 9.29. The minimum Gasteiger partial charge on any atom is -0.508 e. The molecule has 2 N–H and O–H groups in total. The minimum absolute atomic E-state index is 0.0942. The van der Waals surface area contributed by atoms with Gasteiger partial charge in [-0.05, 0) is 43.5 Å². The van der Waals surface area contributed by atoms with Gasteiger partial charge in [-0.25, -0.2) is 0 Å². The SMILES string of the molecule is CCC1(c2cccc(O)c2)CCCCN1. The smallest absolute Gasteiger partial charge is 0.115 e. The highest BCUT2D eigenvalue weighted by atomic mass is 16.3. The zero-order chi connectivity index (χ0) is 10.7. The number of aromatic hydroxyl groups is 1. The molecule has 0 bridgehead atoms. The Morgan fingerprint density at radius 3 is 2.87 bits per heavy atom. The molecule has 0 radical (unpaired) electrons. The minimum atomic E-state index is 0.0942. The van der Waals surface area contributed by atoms with Gasteiger partial charge in [-0.2, -0.15) is 0 Å². The summed E-state index contributed by atoms with van der Waals surface area (Å²) in [7, 11) is 0. The molecule has 1 heterocycles. The van der Waals surface area contributed by atoms with Gasteiger partial charge in [-0.1, -0.05) is 25.5 Å². The Hall–Kier alpha value is -1.02. The molecule has 2 nitrogen and oxygen atoms in total. The van der Waals surface area contributed by atoms with Crippen molar-refractivity contribution in [3.63, 3.8) is 0 Å². The number of phenols is 1. The lowest BCUT2D eigenvalue weighted by Crippen LogP contribution is -2.45. The van der Waals surface area contributed by atoms with E-state index in [1.165, 1.54) is 24.8 Å². The summed E-state index contributed by atoms with van der Waals surface area (Å²) in [5.74, 6) is 0.368. The van der Waals surface area contributed by atoms with Crippen LogP contribution < -0.4 is 5.32 Å². The number of benzene rings is 1. The summed E-state index contributed by atoms with van der Waals surface area (Å²) in [4.78, 5) is 0. The molecule has 15 heavy (non-hydrogen) atoms. The third-order valence-electron chi connectivity index (χ3n) is 3.50. The average Bonchev–Trinajstić information content (AvgIpc) is 2.30. The lowest BCUT2D eigenvalue weighted by molar-refractivity contribution is 0.248. The van der Waals surface area contributed by atoms with Gasteiger partial charge in [0.05, 0.1) is 0 Å². The molecule has 1 unspecified atom stereocenters. The zero-order valence-corrected chi connectivity index (χ0v) is 9.29. The van der Waals surface area contributed by atoms with Crippen LogP contribution in [0, 0.1) is 0 Å². The standard InChI is InChI=1S/C13H19NO/c1-2-13(8-3-4-9-14-13)11-6-5-7-12(15)10-11/h5-7,10,14-15H,2-4,8-9H2,1H3. The van der Waals surface area contributed by atoms with Gasteiger partial charge >= 0.3 is 0 Å². The molecule has 2 rings (SSSR count). The second kappa shape index (κ2) is 4.23. The molecule has 2 heteroatoms. The van der Waals surface area contributed by atoms with Crippen molar-refractivity contribution in [2.24, 2.45) is 0 Å². The second-order valence-electron chi connectivity index (χ2n) is 4.37. The topological polar surface area (TPSA) is 32.3 Å². The van der Waals surface area contributed by atoms with Crippen molar-refractivity contribution in [1.29, 1.82) is 0 Å². The van der Waals surface area contributed by atoms with Gasteiger partial charge in [0, 0.05) is 5.54 Å². The van der Waals surface area contributed by atoms with Crippen LogP contribution in [-0.4, -0.2) is 11.7 Å². The Morgan fingerprint density at radius 1 is 1.40 bits per heavy atom. The summed E-state index contributed by atoms with van der Waals surface area (Å²) in [5, 5.41) is 13.1. The van der Waals surface area contributed by atoms with Crippen molar-refractivity contribution >= 4 is 0 Å². The molecule has 1 aliphatic heterocycles. The molecule has 1 fully saturated rings. The van der Waals surface area contributed by atoms with Crippen LogP contribution in [0.3, 0.4) is 0 Å². The monoisotopic (exact) mass is 205 g/mol. The van der Waals surface area contributed by atoms with Crippen LogP contribution in [0.2, 0.25) is 0 Å². The quantitative estimate of drug-likeness (QED) is 0.778. The molecule has 0 aromatic heterocycles. The van der Waals surface area contributed by atoms with Crippen LogP contribution in [-0.2, 0) is 5.54 Å². The highest BCUT2D eigenvalue weighted by Crippen LogP contribution is 2.34. The van der Waals surface area contributed by atoms with Crippen molar-refractivity contribution in [3.05, 3.63) is 29.8 Å². The summed E-state index contributed by atoms with van der Waals surface area (Å²) in [6.07, 6.45) is 4.79. The largest absolute Gasteiger partial charge is 0.508 e. The van der Waals surface area contributed by atoms with Crippen molar-refractivity contribution in [2.45, 2.75) is 38.1 Å². The molecule has 1 saturated heterocycles. The fourth-order valence-corrected chi connectivity index (χ4v) is 2.52. The maximum absolute atomic E-state index is 9.53. The second-order valence-corrected chi connectivity index (χ2v) is 4.37. The highest BCUT2D eigenvalue weighted by Gasteiger charge is 2.31. The first-order valence-corrected chi connectivity index (χ1v) is 5.81. The van der Waals surface area contributed by atoms with Gasteiger partial charge in [-0.3, -0.25) is 0 Å². The molecule has 0 aliphatic carbocycles. The van der Waals surface area contributed by atoms with E-state index < -0.39 is 0 Å². The molecule has 0 amide bonds. The van der Waals surface area contributed by atoms with Gasteiger partial charge in [0.25, 0.3) is 0 Å². The van der Waals surface area contributed by atoms with Crippen molar-refractivity contribution in [3.8, 4) is 5.75 Å². The summed E-state index contributed by atoms with van der Waals surface area (Å²) < 4.78 is 0. The van der Waals surface area contributed by atoms with E-state index >= 15 is 0 Å². The summed E-state index contributed by atoms with van der Waals surface area (Å²) in [6.45, 7) is 3.30. The van der Waals surface area contributed by atoms with E-state index in [1.807, 2.05) is 12.1 Å². The van der Waals surface area contributed by atoms with Gasteiger partial charge in [0.15, 0.2) is 0 Å². The van der Waals surface area contributed by atoms with Crippen LogP contribution in [0.25, 0.3) is 0 Å². The van der Waals surface area contributed by atoms with Crippen LogP contribution in [0.15, 0.2) is 24.3 Å². The van der Waals surface area contributed by atoms with Gasteiger partial charge in [-0.15, -0.1) is 0 Å². The first-order chi connectivity index (χ1) is 7.27. The number of phenolic OH excluding ortho intramolecular Hbond substituents is 1. The van der Waals surface area contributed by atoms with Crippen LogP contribution >= 0.6 is 0 Å². The average molecular weight is 205 g/mol. The molecule has 82 valence electrons. The summed E-state index contributed by atoms with van der Waals surface area (Å²) in [5.41, 5.74) is 1.32. The van der Waals surface area contributed by atoms with Crippen LogP contribution in [0.4, 0.5) is 0 Å². The van der Waals surface area contributed by atoms with E-state index in [0.717, 1.165) is 13.0 Å². The maximum Gasteiger partial charge on any atom is 0.115 e. The Bertz CT molecular complexity index is 329. The van der Waals surface area contributed by atoms with Crippen molar-refractivity contribution in [1.82, 2.24) is 5.32 Å². The highest BCUT2D eigenvalue weighted by molar-refractivity contribution is 5.32. The molecular weight excluding hydrogens is 186 g/mol. The molecular formula is C13H19NO. The Kier molecular flexibility index (Phi) is 2.96. The molecule has 1 aromatic rings. The van der Waals surface area contributed by atoms with E-state index in [-0.39, 0.29) is 5.54 Å². The third-order valence-corrected chi connectivity index (χ3v) is 3.50. The first-order valence-electron chi connectivity index (χ1n) is 5.81. The number of nitrogens with one attached hydrogen (secondary N) is 1. The van der Waals surface area contributed by atoms with Crippen molar-refractivity contribution < 1.29 is 5.11 Å². The Balaban J connectivity index is 2.32. The van der Waals surface area contributed by atoms with E-state index in [0.29, 0.717) is 5.75 Å². The maximum atomic E-state index is 9.53. The van der Waals surface area contributed by atoms with E-state index in [2.05, 4.69) is 18.3 Å². The van der Waals surface area contributed by atoms with Crippen molar-refractivity contribution in [2.75, 3.05) is 6.54 Å². The van der Waals surface area contributed by atoms with E-state index in [1.54, 1.807) is 6.07 Å². The lowest BCUT2D eigenvalue weighted by Gasteiger charge is -2.38. The molecule has 1 aromatic carbocycles. The number of rotatable bonds is 2.